The van der Waals surface area contributed by atoms with Gasteiger partial charge in [-0.15, -0.1) is 0 Å². The average molecular weight is 292 g/mol. The zero-order valence-corrected chi connectivity index (χ0v) is 12.1. The average Bonchev–Trinajstić information content (AvgIpc) is 2.97. The normalized spacial score (nSPS) is 13.9. The first-order valence-corrected chi connectivity index (χ1v) is 7.36. The highest BCUT2D eigenvalue weighted by Crippen LogP contribution is 2.19. The molecule has 1 aromatic heterocycles. The fourth-order valence-corrected chi connectivity index (χ4v) is 2.89. The highest BCUT2D eigenvalue weighted by molar-refractivity contribution is 5.85. The van der Waals surface area contributed by atoms with Gasteiger partial charge in [-0.3, -0.25) is 0 Å². The predicted octanol–water partition coefficient (Wildman–Crippen LogP) is 2.76. The summed E-state index contributed by atoms with van der Waals surface area (Å²) in [6, 6.07) is 15.9. The number of benzene rings is 2. The molecule has 2 amide bonds. The van der Waals surface area contributed by atoms with Gasteiger partial charge in [0.05, 0.1) is 11.0 Å². The van der Waals surface area contributed by atoms with Crippen molar-refractivity contribution in [3.05, 3.63) is 66.0 Å². The molecule has 0 fully saturated rings. The topological polar surface area (TPSA) is 50.2 Å². The molecule has 1 aliphatic heterocycles. The van der Waals surface area contributed by atoms with E-state index >= 15 is 0 Å². The number of carbonyl (C=O) groups is 1. The second-order valence-electron chi connectivity index (χ2n) is 5.46. The van der Waals surface area contributed by atoms with Crippen LogP contribution in [0.15, 0.2) is 54.9 Å². The molecule has 0 spiro atoms. The minimum atomic E-state index is -0.0994. The smallest absolute Gasteiger partial charge is 0.319 e. The molecular weight excluding hydrogens is 276 g/mol. The van der Waals surface area contributed by atoms with Crippen molar-refractivity contribution in [2.24, 2.45) is 0 Å². The van der Waals surface area contributed by atoms with E-state index in [-0.39, 0.29) is 6.03 Å². The van der Waals surface area contributed by atoms with Gasteiger partial charge in [0.25, 0.3) is 0 Å². The number of para-hydroxylation sites is 2. The summed E-state index contributed by atoms with van der Waals surface area (Å²) in [5.74, 6) is 0. The van der Waals surface area contributed by atoms with Crippen LogP contribution in [-0.4, -0.2) is 27.1 Å². The van der Waals surface area contributed by atoms with Crippen LogP contribution in [0.5, 0.6) is 0 Å². The van der Waals surface area contributed by atoms with Crippen LogP contribution in [-0.2, 0) is 13.0 Å². The third-order valence-electron chi connectivity index (χ3n) is 4.09. The number of nitrogens with one attached hydrogen (secondary N) is 1. The van der Waals surface area contributed by atoms with E-state index in [1.165, 1.54) is 11.1 Å². The number of amides is 2. The molecule has 0 atom stereocenters. The number of rotatable bonds is 1. The number of urea groups is 1. The lowest BCUT2D eigenvalue weighted by Gasteiger charge is -2.29. The summed E-state index contributed by atoms with van der Waals surface area (Å²) >= 11 is 0. The van der Waals surface area contributed by atoms with Gasteiger partial charge in [-0.2, -0.15) is 0 Å². The molecule has 4 rings (SSSR count). The van der Waals surface area contributed by atoms with Crippen LogP contribution in [0.4, 0.5) is 4.79 Å². The maximum atomic E-state index is 12.5. The zero-order valence-electron chi connectivity index (χ0n) is 12.1. The largest absolute Gasteiger partial charge is 0.336 e. The number of nitrogens with zero attached hydrogens (tertiary/aromatic N) is 3. The van der Waals surface area contributed by atoms with Crippen LogP contribution in [0.1, 0.15) is 11.1 Å². The highest BCUT2D eigenvalue weighted by atomic mass is 16.2. The van der Waals surface area contributed by atoms with Crippen molar-refractivity contribution in [2.45, 2.75) is 13.0 Å². The van der Waals surface area contributed by atoms with Crippen LogP contribution >= 0.6 is 0 Å². The van der Waals surface area contributed by atoms with Gasteiger partial charge in [-0.1, -0.05) is 36.4 Å². The molecule has 3 aromatic rings. The number of fused-ring (bicyclic) bond motifs is 2. The van der Waals surface area contributed by atoms with E-state index in [4.69, 9.17) is 0 Å². The van der Waals surface area contributed by atoms with Gasteiger partial charge in [0, 0.05) is 13.1 Å². The van der Waals surface area contributed by atoms with Crippen LogP contribution in [0, 0.1) is 0 Å². The van der Waals surface area contributed by atoms with Crippen molar-refractivity contribution in [1.82, 2.24) is 14.6 Å². The Morgan fingerprint density at radius 3 is 2.73 bits per heavy atom. The molecule has 5 heteroatoms. The summed E-state index contributed by atoms with van der Waals surface area (Å²) in [6.07, 6.45) is 2.54. The Hall–Kier alpha value is -2.82. The summed E-state index contributed by atoms with van der Waals surface area (Å²) in [7, 11) is 0. The first kappa shape index (κ1) is 12.9. The van der Waals surface area contributed by atoms with Crippen molar-refractivity contribution >= 4 is 17.1 Å². The second-order valence-corrected chi connectivity index (χ2v) is 5.46. The third-order valence-corrected chi connectivity index (χ3v) is 4.09. The summed E-state index contributed by atoms with van der Waals surface area (Å²) in [4.78, 5) is 18.6. The lowest BCUT2D eigenvalue weighted by atomic mass is 10.0. The van der Waals surface area contributed by atoms with E-state index in [2.05, 4.69) is 22.5 Å². The molecule has 1 aliphatic rings. The third kappa shape index (κ3) is 2.20. The zero-order chi connectivity index (χ0) is 14.9. The summed E-state index contributed by atoms with van der Waals surface area (Å²) in [5, 5.41) is 0. The van der Waals surface area contributed by atoms with Gasteiger partial charge in [0.15, 0.2) is 0 Å². The molecule has 22 heavy (non-hydrogen) atoms. The molecule has 0 unspecified atom stereocenters. The van der Waals surface area contributed by atoms with Crippen molar-refractivity contribution < 1.29 is 4.79 Å². The van der Waals surface area contributed by atoms with Crippen molar-refractivity contribution in [3.63, 3.8) is 0 Å². The van der Waals surface area contributed by atoms with Crippen molar-refractivity contribution in [1.29, 1.82) is 0 Å². The quantitative estimate of drug-likeness (QED) is 0.750. The van der Waals surface area contributed by atoms with E-state index in [0.717, 1.165) is 24.0 Å². The van der Waals surface area contributed by atoms with Gasteiger partial charge in [-0.25, -0.2) is 19.9 Å². The Balaban J connectivity index is 1.54. The predicted molar refractivity (Wildman–Crippen MR) is 85.0 cm³/mol. The van der Waals surface area contributed by atoms with Crippen LogP contribution < -0.4 is 5.43 Å². The summed E-state index contributed by atoms with van der Waals surface area (Å²) in [5.41, 5.74) is 7.23. The van der Waals surface area contributed by atoms with Gasteiger partial charge >= 0.3 is 6.03 Å². The summed E-state index contributed by atoms with van der Waals surface area (Å²) in [6.45, 7) is 1.38. The molecule has 2 aromatic carbocycles. The maximum Gasteiger partial charge on any atom is 0.336 e. The van der Waals surface area contributed by atoms with E-state index in [1.807, 2.05) is 41.3 Å². The van der Waals surface area contributed by atoms with E-state index in [0.29, 0.717) is 6.54 Å². The van der Waals surface area contributed by atoms with Gasteiger partial charge < -0.3 is 4.90 Å². The van der Waals surface area contributed by atoms with E-state index < -0.39 is 0 Å². The van der Waals surface area contributed by atoms with Crippen molar-refractivity contribution in [3.8, 4) is 0 Å². The SMILES string of the molecule is O=C(Nn1cnc2ccccc21)N1CCc2ccccc2C1. The van der Waals surface area contributed by atoms with Gasteiger partial charge in [-0.05, 0) is 29.7 Å². The lowest BCUT2D eigenvalue weighted by Crippen LogP contribution is -2.41. The lowest BCUT2D eigenvalue weighted by molar-refractivity contribution is 0.203. The molecule has 0 radical (unpaired) electrons. The minimum Gasteiger partial charge on any atom is -0.319 e. The number of hydrogen-bond donors (Lipinski definition) is 1. The molecule has 0 aliphatic carbocycles. The van der Waals surface area contributed by atoms with E-state index in [9.17, 15) is 4.79 Å². The number of imidazole rings is 1. The van der Waals surface area contributed by atoms with Crippen LogP contribution in [0.3, 0.4) is 0 Å². The first-order chi connectivity index (χ1) is 10.8. The molecule has 0 bridgehead atoms. The van der Waals surface area contributed by atoms with E-state index in [1.54, 1.807) is 11.0 Å². The minimum absolute atomic E-state index is 0.0994. The standard InChI is InChI=1S/C17H16N4O/c22-17(19-21-12-18-15-7-3-4-8-16(15)21)20-10-9-13-5-1-2-6-14(13)11-20/h1-8,12H,9-11H2,(H,19,22). The Morgan fingerprint density at radius 1 is 1.05 bits per heavy atom. The molecule has 110 valence electrons. The monoisotopic (exact) mass is 292 g/mol. The number of aromatic nitrogens is 2. The van der Waals surface area contributed by atoms with Crippen molar-refractivity contribution in [2.75, 3.05) is 12.0 Å². The van der Waals surface area contributed by atoms with Gasteiger partial charge in [0.2, 0.25) is 0 Å². The van der Waals surface area contributed by atoms with Gasteiger partial charge in [0.1, 0.15) is 6.33 Å². The molecule has 1 N–H and O–H groups in total. The fraction of sp³-hybridized carbons (Fsp3) is 0.176. The van der Waals surface area contributed by atoms with Crippen LogP contribution in [0.2, 0.25) is 0 Å². The molecule has 0 saturated carbocycles. The summed E-state index contributed by atoms with van der Waals surface area (Å²) < 4.78 is 1.68. The number of hydrogen-bond acceptors (Lipinski definition) is 2. The Bertz CT molecular complexity index is 839. The Kier molecular flexibility index (Phi) is 3.04. The second kappa shape index (κ2) is 5.18. The molecule has 5 nitrogen and oxygen atoms in total. The maximum absolute atomic E-state index is 12.5. The molecular formula is C17H16N4O. The Labute approximate surface area is 128 Å². The Morgan fingerprint density at radius 2 is 1.82 bits per heavy atom. The van der Waals surface area contributed by atoms with Crippen LogP contribution in [0.25, 0.3) is 11.0 Å². The first-order valence-electron chi connectivity index (χ1n) is 7.36. The molecule has 2 heterocycles. The highest BCUT2D eigenvalue weighted by Gasteiger charge is 2.20. The fourth-order valence-electron chi connectivity index (χ4n) is 2.89. The molecule has 0 saturated heterocycles. The number of carbonyl (C=O) groups excluding carboxylic acids is 1.